The Bertz CT molecular complexity index is 516. The minimum Gasteiger partial charge on any atom is -0.379 e. The Kier molecular flexibility index (Phi) is 7.15. The minimum atomic E-state index is -0.497. The Hall–Kier alpha value is -1.50. The van der Waals surface area contributed by atoms with Gasteiger partial charge >= 0.3 is 0 Å². The largest absolute Gasteiger partial charge is 0.379 e. The zero-order valence-corrected chi connectivity index (χ0v) is 14.5. The van der Waals surface area contributed by atoms with Crippen molar-refractivity contribution >= 4 is 5.91 Å². The Morgan fingerprint density at radius 3 is 2.50 bits per heavy atom. The van der Waals surface area contributed by atoms with E-state index in [1.807, 2.05) is 13.8 Å². The van der Waals surface area contributed by atoms with E-state index >= 15 is 0 Å². The van der Waals surface area contributed by atoms with Gasteiger partial charge in [-0.05, 0) is 30.0 Å². The number of hydrogen-bond donors (Lipinski definition) is 2. The maximum atomic E-state index is 13.2. The van der Waals surface area contributed by atoms with Crippen LogP contribution < -0.4 is 11.1 Å². The maximum Gasteiger partial charge on any atom is 0.236 e. The van der Waals surface area contributed by atoms with Crippen LogP contribution in [-0.4, -0.2) is 49.7 Å². The second-order valence-corrected chi connectivity index (χ2v) is 6.70. The fourth-order valence-corrected chi connectivity index (χ4v) is 2.98. The third kappa shape index (κ3) is 5.54. The van der Waals surface area contributed by atoms with E-state index in [4.69, 9.17) is 10.5 Å². The van der Waals surface area contributed by atoms with E-state index in [2.05, 4.69) is 10.2 Å². The topological polar surface area (TPSA) is 67.6 Å². The van der Waals surface area contributed by atoms with E-state index in [-0.39, 0.29) is 17.8 Å². The summed E-state index contributed by atoms with van der Waals surface area (Å²) < 4.78 is 18.6. The van der Waals surface area contributed by atoms with Gasteiger partial charge in [-0.2, -0.15) is 0 Å². The van der Waals surface area contributed by atoms with Gasteiger partial charge in [-0.1, -0.05) is 26.0 Å². The van der Waals surface area contributed by atoms with Crippen LogP contribution in [-0.2, 0) is 9.53 Å². The van der Waals surface area contributed by atoms with Crippen LogP contribution >= 0.6 is 0 Å². The van der Waals surface area contributed by atoms with Crippen molar-refractivity contribution in [3.8, 4) is 0 Å². The molecule has 1 aromatic carbocycles. The summed E-state index contributed by atoms with van der Waals surface area (Å²) in [7, 11) is 0. The van der Waals surface area contributed by atoms with Gasteiger partial charge in [0.1, 0.15) is 5.82 Å². The monoisotopic (exact) mass is 337 g/mol. The Morgan fingerprint density at radius 2 is 1.92 bits per heavy atom. The van der Waals surface area contributed by atoms with Crippen molar-refractivity contribution in [2.45, 2.75) is 32.4 Å². The van der Waals surface area contributed by atoms with Crippen molar-refractivity contribution in [1.82, 2.24) is 10.2 Å². The number of hydrogen-bond acceptors (Lipinski definition) is 4. The summed E-state index contributed by atoms with van der Waals surface area (Å²) in [6, 6.07) is 5.95. The second-order valence-electron chi connectivity index (χ2n) is 6.70. The van der Waals surface area contributed by atoms with Crippen molar-refractivity contribution in [3.05, 3.63) is 35.6 Å². The molecule has 1 unspecified atom stereocenters. The Balaban J connectivity index is 2.02. The first-order valence-electron chi connectivity index (χ1n) is 8.58. The molecule has 0 spiro atoms. The molecule has 1 saturated heterocycles. The zero-order valence-electron chi connectivity index (χ0n) is 14.5. The van der Waals surface area contributed by atoms with Crippen LogP contribution in [0, 0.1) is 11.7 Å². The molecule has 1 heterocycles. The predicted molar refractivity (Wildman–Crippen MR) is 92.0 cm³/mol. The molecule has 0 aliphatic carbocycles. The van der Waals surface area contributed by atoms with Crippen LogP contribution in [0.2, 0.25) is 0 Å². The fourth-order valence-electron chi connectivity index (χ4n) is 2.98. The minimum absolute atomic E-state index is 0.00954. The van der Waals surface area contributed by atoms with Crippen LogP contribution in [0.3, 0.4) is 0 Å². The van der Waals surface area contributed by atoms with Gasteiger partial charge in [0.25, 0.3) is 0 Å². The number of ether oxygens (including phenoxy) is 1. The van der Waals surface area contributed by atoms with Crippen molar-refractivity contribution in [2.75, 3.05) is 32.8 Å². The standard InChI is InChI=1S/C18H28FN3O2/c1-13(2)11-16(20)18(23)21-12-17(22-7-9-24-10-8-22)14-3-5-15(19)6-4-14/h3-6,13,16-17H,7-12,20H2,1-2H3,(H,21,23)/t16-,17?/m0/s1. The fraction of sp³-hybridized carbons (Fsp3) is 0.611. The molecule has 1 aliphatic heterocycles. The number of carbonyl (C=O) groups is 1. The molecule has 0 aromatic heterocycles. The molecule has 2 rings (SSSR count). The molecule has 1 aromatic rings. The highest BCUT2D eigenvalue weighted by Crippen LogP contribution is 2.21. The van der Waals surface area contributed by atoms with E-state index in [1.165, 1.54) is 12.1 Å². The van der Waals surface area contributed by atoms with E-state index in [9.17, 15) is 9.18 Å². The molecular weight excluding hydrogens is 309 g/mol. The van der Waals surface area contributed by atoms with Gasteiger partial charge in [-0.15, -0.1) is 0 Å². The molecule has 3 N–H and O–H groups in total. The number of nitrogens with two attached hydrogens (primary N) is 1. The molecule has 1 aliphatic rings. The number of nitrogens with one attached hydrogen (secondary N) is 1. The lowest BCUT2D eigenvalue weighted by Gasteiger charge is -2.35. The van der Waals surface area contributed by atoms with Gasteiger partial charge in [0.05, 0.1) is 25.3 Å². The molecule has 1 fully saturated rings. The molecule has 2 atom stereocenters. The zero-order chi connectivity index (χ0) is 17.5. The second kappa shape index (κ2) is 9.11. The maximum absolute atomic E-state index is 13.2. The quantitative estimate of drug-likeness (QED) is 0.794. The van der Waals surface area contributed by atoms with Crippen molar-refractivity contribution in [2.24, 2.45) is 11.7 Å². The molecule has 5 nitrogen and oxygen atoms in total. The molecular formula is C18H28FN3O2. The third-order valence-electron chi connectivity index (χ3n) is 4.27. The van der Waals surface area contributed by atoms with Gasteiger partial charge in [-0.3, -0.25) is 9.69 Å². The number of carbonyl (C=O) groups excluding carboxylic acids is 1. The van der Waals surface area contributed by atoms with Crippen molar-refractivity contribution < 1.29 is 13.9 Å². The highest BCUT2D eigenvalue weighted by molar-refractivity contribution is 5.81. The Morgan fingerprint density at radius 1 is 1.29 bits per heavy atom. The predicted octanol–water partition coefficient (Wildman–Crippen LogP) is 1.69. The summed E-state index contributed by atoms with van der Waals surface area (Å²) >= 11 is 0. The van der Waals surface area contributed by atoms with Crippen molar-refractivity contribution in [3.63, 3.8) is 0 Å². The highest BCUT2D eigenvalue weighted by Gasteiger charge is 2.24. The number of morpholine rings is 1. The first-order valence-corrected chi connectivity index (χ1v) is 8.58. The average molecular weight is 337 g/mol. The number of nitrogens with zero attached hydrogens (tertiary/aromatic N) is 1. The average Bonchev–Trinajstić information content (AvgIpc) is 2.56. The van der Waals surface area contributed by atoms with Crippen LogP contribution in [0.4, 0.5) is 4.39 Å². The normalized spacial score (nSPS) is 18.4. The molecule has 0 radical (unpaired) electrons. The molecule has 24 heavy (non-hydrogen) atoms. The molecule has 6 heteroatoms. The van der Waals surface area contributed by atoms with Gasteiger partial charge in [0.15, 0.2) is 0 Å². The lowest BCUT2D eigenvalue weighted by Crippen LogP contribution is -2.47. The summed E-state index contributed by atoms with van der Waals surface area (Å²) in [6.45, 7) is 7.45. The van der Waals surface area contributed by atoms with Gasteiger partial charge in [0.2, 0.25) is 5.91 Å². The van der Waals surface area contributed by atoms with E-state index in [1.54, 1.807) is 12.1 Å². The van der Waals surface area contributed by atoms with E-state index in [0.717, 1.165) is 18.7 Å². The first-order chi connectivity index (χ1) is 11.5. The SMILES string of the molecule is CC(C)C[C@H](N)C(=O)NCC(c1ccc(F)cc1)N1CCOCC1. The summed E-state index contributed by atoms with van der Waals surface area (Å²) in [6.07, 6.45) is 0.657. The van der Waals surface area contributed by atoms with E-state index in [0.29, 0.717) is 32.1 Å². The molecule has 1 amide bonds. The number of amides is 1. The highest BCUT2D eigenvalue weighted by atomic mass is 19.1. The van der Waals surface area contributed by atoms with Crippen LogP contribution in [0.15, 0.2) is 24.3 Å². The van der Waals surface area contributed by atoms with Crippen LogP contribution in [0.1, 0.15) is 31.9 Å². The van der Waals surface area contributed by atoms with Gasteiger partial charge in [-0.25, -0.2) is 4.39 Å². The lowest BCUT2D eigenvalue weighted by atomic mass is 10.0. The summed E-state index contributed by atoms with van der Waals surface area (Å²) in [5.41, 5.74) is 6.93. The summed E-state index contributed by atoms with van der Waals surface area (Å²) in [5, 5.41) is 2.96. The summed E-state index contributed by atoms with van der Waals surface area (Å²) in [4.78, 5) is 14.5. The molecule has 0 bridgehead atoms. The third-order valence-corrected chi connectivity index (χ3v) is 4.27. The van der Waals surface area contributed by atoms with Gasteiger partial charge in [0, 0.05) is 19.6 Å². The van der Waals surface area contributed by atoms with E-state index < -0.39 is 6.04 Å². The molecule has 134 valence electrons. The van der Waals surface area contributed by atoms with Crippen molar-refractivity contribution in [1.29, 1.82) is 0 Å². The molecule has 0 saturated carbocycles. The summed E-state index contributed by atoms with van der Waals surface area (Å²) in [5.74, 6) is -0.0237. The van der Waals surface area contributed by atoms with Gasteiger partial charge < -0.3 is 15.8 Å². The number of benzene rings is 1. The Labute approximate surface area is 143 Å². The smallest absolute Gasteiger partial charge is 0.236 e. The lowest BCUT2D eigenvalue weighted by molar-refractivity contribution is -0.123. The first kappa shape index (κ1) is 18.8. The number of halogens is 1. The number of rotatable bonds is 7. The van der Waals surface area contributed by atoms with Crippen LogP contribution in [0.25, 0.3) is 0 Å². The van der Waals surface area contributed by atoms with Crippen LogP contribution in [0.5, 0.6) is 0 Å².